The Kier molecular flexibility index (Phi) is 4.45. The van der Waals surface area contributed by atoms with Crippen molar-refractivity contribution >= 4 is 5.78 Å². The lowest BCUT2D eigenvalue weighted by Gasteiger charge is -2.11. The minimum absolute atomic E-state index is 0.0667. The van der Waals surface area contributed by atoms with Crippen LogP contribution in [0.4, 0.5) is 0 Å². The molecule has 0 atom stereocenters. The highest BCUT2D eigenvalue weighted by molar-refractivity contribution is 5.81. The number of imidazole rings is 1. The fraction of sp³-hybridized carbons (Fsp3) is 0.600. The smallest absolute Gasteiger partial charge is 0.217 e. The Morgan fingerprint density at radius 2 is 2.20 bits per heavy atom. The summed E-state index contributed by atoms with van der Waals surface area (Å²) in [5, 5.41) is 0. The van der Waals surface area contributed by atoms with Crippen LogP contribution in [0.5, 0.6) is 0 Å². The normalized spacial score (nSPS) is 10.9. The molecular formula is C10H16N2O3. The van der Waals surface area contributed by atoms with Crippen molar-refractivity contribution in [3.8, 4) is 0 Å². The van der Waals surface area contributed by atoms with Gasteiger partial charge in [0.1, 0.15) is 5.82 Å². The van der Waals surface area contributed by atoms with E-state index in [0.717, 1.165) is 5.82 Å². The van der Waals surface area contributed by atoms with E-state index in [4.69, 9.17) is 9.47 Å². The van der Waals surface area contributed by atoms with Crippen LogP contribution in [0.25, 0.3) is 0 Å². The first-order chi connectivity index (χ1) is 7.19. The largest absolute Gasteiger partial charge is 0.349 e. The van der Waals surface area contributed by atoms with Crippen molar-refractivity contribution in [2.75, 3.05) is 14.2 Å². The summed E-state index contributed by atoms with van der Waals surface area (Å²) in [6.45, 7) is 0. The molecule has 0 N–H and O–H groups in total. The third-order valence-electron chi connectivity index (χ3n) is 2.21. The van der Waals surface area contributed by atoms with Gasteiger partial charge >= 0.3 is 0 Å². The van der Waals surface area contributed by atoms with Gasteiger partial charge in [0, 0.05) is 46.5 Å². The van der Waals surface area contributed by atoms with Crippen molar-refractivity contribution < 1.29 is 14.3 Å². The minimum Gasteiger partial charge on any atom is -0.349 e. The van der Waals surface area contributed by atoms with Gasteiger partial charge in [0.15, 0.2) is 5.78 Å². The Hall–Kier alpha value is -1.20. The zero-order chi connectivity index (χ0) is 11.3. The second kappa shape index (κ2) is 5.63. The third kappa shape index (κ3) is 3.14. The average molecular weight is 212 g/mol. The lowest BCUT2D eigenvalue weighted by Crippen LogP contribution is -2.25. The molecule has 0 saturated heterocycles. The molecule has 0 aliphatic carbocycles. The van der Waals surface area contributed by atoms with E-state index in [-0.39, 0.29) is 5.78 Å². The highest BCUT2D eigenvalue weighted by Crippen LogP contribution is 2.03. The number of aromatic nitrogens is 2. The van der Waals surface area contributed by atoms with E-state index in [1.165, 1.54) is 14.2 Å². The Bertz CT molecular complexity index is 318. The van der Waals surface area contributed by atoms with Gasteiger partial charge in [0.2, 0.25) is 6.29 Å². The number of ether oxygens (including phenoxy) is 2. The predicted molar refractivity (Wildman–Crippen MR) is 54.3 cm³/mol. The molecule has 0 radical (unpaired) electrons. The zero-order valence-corrected chi connectivity index (χ0v) is 9.27. The van der Waals surface area contributed by atoms with E-state index in [1.807, 2.05) is 17.8 Å². The van der Waals surface area contributed by atoms with Gasteiger partial charge < -0.3 is 14.0 Å². The molecule has 0 unspecified atom stereocenters. The summed E-state index contributed by atoms with van der Waals surface area (Å²) in [5.74, 6) is 0.817. The van der Waals surface area contributed by atoms with Gasteiger partial charge in [0.25, 0.3) is 0 Å². The first kappa shape index (κ1) is 11.9. The van der Waals surface area contributed by atoms with E-state index in [0.29, 0.717) is 12.8 Å². The summed E-state index contributed by atoms with van der Waals surface area (Å²) in [6.07, 6.45) is 3.78. The molecule has 15 heavy (non-hydrogen) atoms. The van der Waals surface area contributed by atoms with Crippen LogP contribution in [0.3, 0.4) is 0 Å². The standard InChI is InChI=1S/C10H16N2O3/c1-12-7-6-11-9(12)5-4-8(13)10(14-2)15-3/h6-7,10H,4-5H2,1-3H3. The topological polar surface area (TPSA) is 53.4 Å². The van der Waals surface area contributed by atoms with Crippen molar-refractivity contribution in [3.05, 3.63) is 18.2 Å². The Morgan fingerprint density at radius 3 is 2.67 bits per heavy atom. The summed E-state index contributed by atoms with van der Waals surface area (Å²) in [5.41, 5.74) is 0. The molecular weight excluding hydrogens is 196 g/mol. The number of ketones is 1. The molecule has 0 bridgehead atoms. The van der Waals surface area contributed by atoms with Gasteiger partial charge in [-0.3, -0.25) is 4.79 Å². The molecule has 5 nitrogen and oxygen atoms in total. The van der Waals surface area contributed by atoms with Crippen LogP contribution < -0.4 is 0 Å². The third-order valence-corrected chi connectivity index (χ3v) is 2.21. The number of rotatable bonds is 6. The monoisotopic (exact) mass is 212 g/mol. The SMILES string of the molecule is COC(OC)C(=O)CCc1nccn1C. The van der Waals surface area contributed by atoms with Crippen LogP contribution in [0.15, 0.2) is 12.4 Å². The highest BCUT2D eigenvalue weighted by atomic mass is 16.7. The van der Waals surface area contributed by atoms with Crippen LogP contribution in [0, 0.1) is 0 Å². The molecule has 1 aromatic rings. The van der Waals surface area contributed by atoms with E-state index < -0.39 is 6.29 Å². The van der Waals surface area contributed by atoms with Crippen LogP contribution >= 0.6 is 0 Å². The lowest BCUT2D eigenvalue weighted by molar-refractivity contribution is -0.156. The number of hydrogen-bond donors (Lipinski definition) is 0. The summed E-state index contributed by atoms with van der Waals surface area (Å²) in [4.78, 5) is 15.7. The predicted octanol–water partition coefficient (Wildman–Crippen LogP) is 0.541. The summed E-state index contributed by atoms with van der Waals surface area (Å²) < 4.78 is 11.6. The molecule has 1 aromatic heterocycles. The first-order valence-electron chi connectivity index (χ1n) is 4.73. The van der Waals surface area contributed by atoms with Crippen LogP contribution in [0.1, 0.15) is 12.2 Å². The van der Waals surface area contributed by atoms with Crippen molar-refractivity contribution in [2.24, 2.45) is 7.05 Å². The number of aryl methyl sites for hydroxylation is 2. The molecule has 0 spiro atoms. The first-order valence-corrected chi connectivity index (χ1v) is 4.73. The number of methoxy groups -OCH3 is 2. The number of carbonyl (C=O) groups is 1. The van der Waals surface area contributed by atoms with Crippen molar-refractivity contribution in [2.45, 2.75) is 19.1 Å². The Morgan fingerprint density at radius 1 is 1.53 bits per heavy atom. The number of carbonyl (C=O) groups excluding carboxylic acids is 1. The number of nitrogens with zero attached hydrogens (tertiary/aromatic N) is 2. The molecule has 84 valence electrons. The van der Waals surface area contributed by atoms with Gasteiger partial charge in [-0.15, -0.1) is 0 Å². The average Bonchev–Trinajstić information content (AvgIpc) is 2.63. The maximum Gasteiger partial charge on any atom is 0.217 e. The maximum atomic E-state index is 11.5. The van der Waals surface area contributed by atoms with Gasteiger partial charge in [-0.25, -0.2) is 4.98 Å². The molecule has 0 aromatic carbocycles. The van der Waals surface area contributed by atoms with Gasteiger partial charge in [0.05, 0.1) is 0 Å². The van der Waals surface area contributed by atoms with Gasteiger partial charge in [-0.05, 0) is 0 Å². The van der Waals surface area contributed by atoms with Crippen LogP contribution in [0.2, 0.25) is 0 Å². The quantitative estimate of drug-likeness (QED) is 0.646. The molecule has 0 aliphatic heterocycles. The van der Waals surface area contributed by atoms with Gasteiger partial charge in [-0.1, -0.05) is 0 Å². The highest BCUT2D eigenvalue weighted by Gasteiger charge is 2.16. The molecule has 0 amide bonds. The van der Waals surface area contributed by atoms with E-state index in [9.17, 15) is 4.79 Å². The second-order valence-electron chi connectivity index (χ2n) is 3.22. The van der Waals surface area contributed by atoms with Crippen LogP contribution in [-0.4, -0.2) is 35.8 Å². The fourth-order valence-corrected chi connectivity index (χ4v) is 1.35. The number of hydrogen-bond acceptors (Lipinski definition) is 4. The minimum atomic E-state index is -0.759. The van der Waals surface area contributed by atoms with E-state index in [2.05, 4.69) is 4.98 Å². The van der Waals surface area contributed by atoms with Gasteiger partial charge in [-0.2, -0.15) is 0 Å². The molecule has 1 rings (SSSR count). The molecule has 0 saturated carbocycles. The lowest BCUT2D eigenvalue weighted by atomic mass is 10.2. The van der Waals surface area contributed by atoms with Crippen molar-refractivity contribution in [1.82, 2.24) is 9.55 Å². The molecule has 1 heterocycles. The Balaban J connectivity index is 2.43. The molecule has 0 fully saturated rings. The van der Waals surface area contributed by atoms with Crippen LogP contribution in [-0.2, 0) is 27.7 Å². The Labute approximate surface area is 89.0 Å². The zero-order valence-electron chi connectivity index (χ0n) is 9.27. The summed E-state index contributed by atoms with van der Waals surface area (Å²) in [7, 11) is 4.80. The van der Waals surface area contributed by atoms with Crippen molar-refractivity contribution in [1.29, 1.82) is 0 Å². The summed E-state index contributed by atoms with van der Waals surface area (Å²) in [6, 6.07) is 0. The second-order valence-corrected chi connectivity index (χ2v) is 3.22. The fourth-order valence-electron chi connectivity index (χ4n) is 1.35. The summed E-state index contributed by atoms with van der Waals surface area (Å²) >= 11 is 0. The van der Waals surface area contributed by atoms with E-state index in [1.54, 1.807) is 6.20 Å². The van der Waals surface area contributed by atoms with E-state index >= 15 is 0 Å². The molecule has 5 heteroatoms. The number of Topliss-reactive ketones (excluding diaryl/α,β-unsaturated/α-hetero) is 1. The molecule has 0 aliphatic rings. The maximum absolute atomic E-state index is 11.5. The van der Waals surface area contributed by atoms with Crippen molar-refractivity contribution in [3.63, 3.8) is 0 Å².